The van der Waals surface area contributed by atoms with Crippen molar-refractivity contribution in [2.75, 3.05) is 17.3 Å². The van der Waals surface area contributed by atoms with Gasteiger partial charge in [0.15, 0.2) is 5.76 Å². The largest absolute Gasteiger partial charge is 0.359 e. The third kappa shape index (κ3) is 4.06. The van der Waals surface area contributed by atoms with Crippen LogP contribution in [0.2, 0.25) is 0 Å². The van der Waals surface area contributed by atoms with Gasteiger partial charge in [-0.2, -0.15) is 0 Å². The lowest BCUT2D eigenvalue weighted by Crippen LogP contribution is -2.24. The molecule has 1 heterocycles. The third-order valence-corrected chi connectivity index (χ3v) is 4.41. The van der Waals surface area contributed by atoms with Crippen molar-refractivity contribution in [3.05, 3.63) is 66.1 Å². The summed E-state index contributed by atoms with van der Waals surface area (Å²) in [7, 11) is 1.77. The number of carbonyl (C=O) groups is 2. The van der Waals surface area contributed by atoms with Crippen LogP contribution in [0.25, 0.3) is 11.1 Å². The molecule has 1 N–H and O–H groups in total. The Kier molecular flexibility index (Phi) is 5.35. The Balaban J connectivity index is 1.72. The van der Waals surface area contributed by atoms with Crippen LogP contribution in [-0.4, -0.2) is 24.0 Å². The average molecular weight is 363 g/mol. The summed E-state index contributed by atoms with van der Waals surface area (Å²) in [5.74, 6) is 0.413. The molecule has 0 bridgehead atoms. The molecule has 0 radical (unpaired) electrons. The lowest BCUT2D eigenvalue weighted by molar-refractivity contribution is -0.118. The molecule has 0 aliphatic rings. The Morgan fingerprint density at radius 1 is 1.04 bits per heavy atom. The number of nitrogens with one attached hydrogen (secondary N) is 1. The molecular formula is C21H21N3O3. The number of aromatic nitrogens is 1. The number of nitrogens with zero attached hydrogens (tertiary/aromatic N) is 2. The van der Waals surface area contributed by atoms with Gasteiger partial charge in [0.2, 0.25) is 5.91 Å². The second-order valence-corrected chi connectivity index (χ2v) is 6.18. The summed E-state index contributed by atoms with van der Waals surface area (Å²) in [4.78, 5) is 25.7. The van der Waals surface area contributed by atoms with Gasteiger partial charge in [-0.25, -0.2) is 0 Å². The van der Waals surface area contributed by atoms with Crippen LogP contribution < -0.4 is 10.2 Å². The fourth-order valence-corrected chi connectivity index (χ4v) is 2.69. The summed E-state index contributed by atoms with van der Waals surface area (Å²) in [6.45, 7) is 3.58. The molecule has 0 atom stereocenters. The van der Waals surface area contributed by atoms with E-state index in [1.165, 1.54) is 6.20 Å². The number of rotatable bonds is 5. The minimum absolute atomic E-state index is 0.0705. The minimum Gasteiger partial charge on any atom is -0.359 e. The molecule has 0 aliphatic heterocycles. The van der Waals surface area contributed by atoms with Gasteiger partial charge in [0.05, 0.1) is 6.20 Å². The van der Waals surface area contributed by atoms with E-state index in [2.05, 4.69) is 10.5 Å². The van der Waals surface area contributed by atoms with Gasteiger partial charge in [-0.3, -0.25) is 9.59 Å². The van der Waals surface area contributed by atoms with E-state index in [9.17, 15) is 9.59 Å². The molecule has 0 unspecified atom stereocenters. The molecule has 0 spiro atoms. The molecule has 2 amide bonds. The van der Waals surface area contributed by atoms with E-state index in [4.69, 9.17) is 4.52 Å². The van der Waals surface area contributed by atoms with Gasteiger partial charge in [0, 0.05) is 24.7 Å². The molecule has 0 fully saturated rings. The summed E-state index contributed by atoms with van der Waals surface area (Å²) < 4.78 is 4.94. The van der Waals surface area contributed by atoms with Gasteiger partial charge < -0.3 is 14.7 Å². The second-order valence-electron chi connectivity index (χ2n) is 6.18. The molecule has 0 saturated carbocycles. The van der Waals surface area contributed by atoms with Crippen molar-refractivity contribution < 1.29 is 14.1 Å². The molecule has 6 nitrogen and oxygen atoms in total. The monoisotopic (exact) mass is 363 g/mol. The normalized spacial score (nSPS) is 10.5. The quantitative estimate of drug-likeness (QED) is 0.734. The van der Waals surface area contributed by atoms with Crippen molar-refractivity contribution >= 4 is 23.2 Å². The second kappa shape index (κ2) is 7.86. The van der Waals surface area contributed by atoms with E-state index in [0.717, 1.165) is 16.8 Å². The maximum atomic E-state index is 12.3. The standard InChI is InChI=1S/C21H21N3O3/c1-4-20(25)24(3)18-11-9-16(10-12-18)15-5-7-17(8-6-15)21(26)23-19-13-22-27-14(19)2/h5-13H,4H2,1-3H3,(H,23,26). The summed E-state index contributed by atoms with van der Waals surface area (Å²) in [5, 5.41) is 6.41. The van der Waals surface area contributed by atoms with E-state index in [-0.39, 0.29) is 11.8 Å². The molecule has 1 aromatic heterocycles. The summed E-state index contributed by atoms with van der Waals surface area (Å²) >= 11 is 0. The lowest BCUT2D eigenvalue weighted by atomic mass is 10.0. The van der Waals surface area contributed by atoms with Gasteiger partial charge in [0.1, 0.15) is 5.69 Å². The van der Waals surface area contributed by atoms with Crippen molar-refractivity contribution in [2.24, 2.45) is 0 Å². The smallest absolute Gasteiger partial charge is 0.255 e. The number of benzene rings is 2. The average Bonchev–Trinajstić information content (AvgIpc) is 3.11. The van der Waals surface area contributed by atoms with E-state index in [0.29, 0.717) is 23.4 Å². The molecule has 138 valence electrons. The first-order chi connectivity index (χ1) is 13.0. The molecule has 0 aliphatic carbocycles. The Morgan fingerprint density at radius 2 is 1.63 bits per heavy atom. The maximum absolute atomic E-state index is 12.3. The van der Waals surface area contributed by atoms with Crippen LogP contribution in [0.3, 0.4) is 0 Å². The van der Waals surface area contributed by atoms with E-state index < -0.39 is 0 Å². The zero-order valence-electron chi connectivity index (χ0n) is 15.5. The first kappa shape index (κ1) is 18.4. The predicted octanol–water partition coefficient (Wildman–Crippen LogP) is 4.28. The van der Waals surface area contributed by atoms with Crippen molar-refractivity contribution in [2.45, 2.75) is 20.3 Å². The Morgan fingerprint density at radius 3 is 2.15 bits per heavy atom. The van der Waals surface area contributed by atoms with Crippen LogP contribution in [0.5, 0.6) is 0 Å². The van der Waals surface area contributed by atoms with Crippen LogP contribution in [0, 0.1) is 6.92 Å². The van der Waals surface area contributed by atoms with Crippen molar-refractivity contribution in [3.63, 3.8) is 0 Å². The zero-order valence-corrected chi connectivity index (χ0v) is 15.5. The molecular weight excluding hydrogens is 342 g/mol. The number of anilines is 2. The molecule has 6 heteroatoms. The van der Waals surface area contributed by atoms with E-state index in [1.807, 2.05) is 43.3 Å². The summed E-state index contributed by atoms with van der Waals surface area (Å²) in [5.41, 5.74) is 3.96. The Labute approximate surface area is 157 Å². The first-order valence-corrected chi connectivity index (χ1v) is 8.69. The SMILES string of the molecule is CCC(=O)N(C)c1ccc(-c2ccc(C(=O)Nc3cnoc3C)cc2)cc1. The van der Waals surface area contributed by atoms with Crippen LogP contribution in [0.4, 0.5) is 11.4 Å². The molecule has 3 rings (SSSR count). The van der Waals surface area contributed by atoms with Gasteiger partial charge in [-0.15, -0.1) is 0 Å². The Bertz CT molecular complexity index is 944. The van der Waals surface area contributed by atoms with Crippen LogP contribution in [0.15, 0.2) is 59.3 Å². The highest BCUT2D eigenvalue weighted by Gasteiger charge is 2.11. The number of amides is 2. The molecule has 2 aromatic carbocycles. The number of hydrogen-bond acceptors (Lipinski definition) is 4. The van der Waals surface area contributed by atoms with Crippen LogP contribution in [0.1, 0.15) is 29.5 Å². The van der Waals surface area contributed by atoms with Crippen LogP contribution in [-0.2, 0) is 4.79 Å². The molecule has 0 saturated heterocycles. The highest BCUT2D eigenvalue weighted by molar-refractivity contribution is 6.04. The van der Waals surface area contributed by atoms with Gasteiger partial charge in [-0.05, 0) is 42.3 Å². The maximum Gasteiger partial charge on any atom is 0.255 e. The van der Waals surface area contributed by atoms with E-state index >= 15 is 0 Å². The fraction of sp³-hybridized carbons (Fsp3) is 0.190. The highest BCUT2D eigenvalue weighted by atomic mass is 16.5. The highest BCUT2D eigenvalue weighted by Crippen LogP contribution is 2.24. The zero-order chi connectivity index (χ0) is 19.4. The minimum atomic E-state index is -0.220. The number of carbonyl (C=O) groups excluding carboxylic acids is 2. The molecule has 27 heavy (non-hydrogen) atoms. The summed E-state index contributed by atoms with van der Waals surface area (Å²) in [6.07, 6.45) is 1.94. The fourth-order valence-electron chi connectivity index (χ4n) is 2.69. The van der Waals surface area contributed by atoms with E-state index in [1.54, 1.807) is 31.0 Å². The first-order valence-electron chi connectivity index (χ1n) is 8.69. The topological polar surface area (TPSA) is 75.4 Å². The Hall–Kier alpha value is -3.41. The predicted molar refractivity (Wildman–Crippen MR) is 105 cm³/mol. The number of hydrogen-bond donors (Lipinski definition) is 1. The third-order valence-electron chi connectivity index (χ3n) is 4.41. The van der Waals surface area contributed by atoms with Crippen molar-refractivity contribution in [1.82, 2.24) is 5.16 Å². The van der Waals surface area contributed by atoms with Gasteiger partial charge in [-0.1, -0.05) is 36.3 Å². The van der Waals surface area contributed by atoms with Gasteiger partial charge >= 0.3 is 0 Å². The van der Waals surface area contributed by atoms with Gasteiger partial charge in [0.25, 0.3) is 5.91 Å². The molecule has 3 aromatic rings. The lowest BCUT2D eigenvalue weighted by Gasteiger charge is -2.16. The van der Waals surface area contributed by atoms with Crippen molar-refractivity contribution in [1.29, 1.82) is 0 Å². The van der Waals surface area contributed by atoms with Crippen LogP contribution >= 0.6 is 0 Å². The van der Waals surface area contributed by atoms with Crippen molar-refractivity contribution in [3.8, 4) is 11.1 Å². The number of aryl methyl sites for hydroxylation is 1. The summed E-state index contributed by atoms with van der Waals surface area (Å²) in [6, 6.07) is 15.1.